The summed E-state index contributed by atoms with van der Waals surface area (Å²) < 4.78 is 1.58. The standard InChI is InChI=1S/C19H13Cl2N5O2S/c20-11-6-7-14(21)15(8-11)23-16(27)10-29-19-24-17-13(18(28)25-19)9-22-26(17)12-4-2-1-3-5-12/h1-9H,10H2,(H,23,27)(H,24,25,28). The average molecular weight is 446 g/mol. The van der Waals surface area contributed by atoms with Crippen molar-refractivity contribution in [3.8, 4) is 5.69 Å². The number of fused-ring (bicyclic) bond motifs is 1. The highest BCUT2D eigenvalue weighted by molar-refractivity contribution is 7.99. The highest BCUT2D eigenvalue weighted by Gasteiger charge is 2.13. The van der Waals surface area contributed by atoms with Gasteiger partial charge in [-0.1, -0.05) is 53.2 Å². The fourth-order valence-corrected chi connectivity index (χ4v) is 3.63. The van der Waals surface area contributed by atoms with E-state index in [1.165, 1.54) is 6.20 Å². The molecule has 0 radical (unpaired) electrons. The number of aromatic nitrogens is 4. The molecule has 2 aromatic carbocycles. The molecule has 0 aliphatic heterocycles. The summed E-state index contributed by atoms with van der Waals surface area (Å²) in [6.07, 6.45) is 1.47. The highest BCUT2D eigenvalue weighted by atomic mass is 35.5. The van der Waals surface area contributed by atoms with Crippen LogP contribution >= 0.6 is 35.0 Å². The van der Waals surface area contributed by atoms with Crippen LogP contribution in [0.3, 0.4) is 0 Å². The molecular weight excluding hydrogens is 433 g/mol. The lowest BCUT2D eigenvalue weighted by atomic mass is 10.3. The van der Waals surface area contributed by atoms with Gasteiger partial charge in [-0.05, 0) is 30.3 Å². The third-order valence-electron chi connectivity index (χ3n) is 3.96. The molecule has 2 aromatic heterocycles. The van der Waals surface area contributed by atoms with Crippen LogP contribution in [0.4, 0.5) is 5.69 Å². The van der Waals surface area contributed by atoms with Gasteiger partial charge in [0.2, 0.25) is 5.91 Å². The van der Waals surface area contributed by atoms with E-state index in [4.69, 9.17) is 23.2 Å². The molecule has 0 fully saturated rings. The first-order valence-electron chi connectivity index (χ1n) is 8.42. The molecule has 2 heterocycles. The molecule has 0 spiro atoms. The fraction of sp³-hybridized carbons (Fsp3) is 0.0526. The van der Waals surface area contributed by atoms with Crippen molar-refractivity contribution in [3.05, 3.63) is 75.1 Å². The van der Waals surface area contributed by atoms with Gasteiger partial charge in [0.15, 0.2) is 10.8 Å². The van der Waals surface area contributed by atoms with Crippen LogP contribution in [0.5, 0.6) is 0 Å². The molecule has 10 heteroatoms. The summed E-state index contributed by atoms with van der Waals surface area (Å²) in [5.74, 6) is -0.282. The third-order valence-corrected chi connectivity index (χ3v) is 5.40. The molecule has 0 saturated carbocycles. The molecule has 0 unspecified atom stereocenters. The molecule has 4 aromatic rings. The first kappa shape index (κ1) is 19.5. The van der Waals surface area contributed by atoms with E-state index in [1.54, 1.807) is 22.9 Å². The summed E-state index contributed by atoms with van der Waals surface area (Å²) in [6.45, 7) is 0. The van der Waals surface area contributed by atoms with Gasteiger partial charge in [-0.3, -0.25) is 9.59 Å². The molecule has 7 nitrogen and oxygen atoms in total. The van der Waals surface area contributed by atoms with E-state index in [2.05, 4.69) is 20.4 Å². The van der Waals surface area contributed by atoms with Crippen LogP contribution in [-0.4, -0.2) is 31.4 Å². The Morgan fingerprint density at radius 3 is 2.76 bits per heavy atom. The van der Waals surface area contributed by atoms with E-state index in [1.807, 2.05) is 30.3 Å². The number of hydrogen-bond acceptors (Lipinski definition) is 5. The van der Waals surface area contributed by atoms with Crippen LogP contribution in [0.15, 0.2) is 64.7 Å². The molecule has 0 aliphatic rings. The maximum Gasteiger partial charge on any atom is 0.262 e. The zero-order chi connectivity index (χ0) is 20.4. The van der Waals surface area contributed by atoms with Gasteiger partial charge in [-0.15, -0.1) is 0 Å². The number of hydrogen-bond donors (Lipinski definition) is 2. The topological polar surface area (TPSA) is 92.7 Å². The van der Waals surface area contributed by atoms with Gasteiger partial charge in [-0.25, -0.2) is 9.67 Å². The van der Waals surface area contributed by atoms with Gasteiger partial charge in [0.05, 0.1) is 28.3 Å². The second-order valence-electron chi connectivity index (χ2n) is 5.96. The number of rotatable bonds is 5. The minimum atomic E-state index is -0.321. The Kier molecular flexibility index (Phi) is 5.57. The van der Waals surface area contributed by atoms with Crippen LogP contribution in [0.25, 0.3) is 16.7 Å². The Morgan fingerprint density at radius 1 is 1.17 bits per heavy atom. The second kappa shape index (κ2) is 8.28. The van der Waals surface area contributed by atoms with Crippen molar-refractivity contribution in [2.24, 2.45) is 0 Å². The highest BCUT2D eigenvalue weighted by Crippen LogP contribution is 2.26. The first-order valence-corrected chi connectivity index (χ1v) is 10.2. The average Bonchev–Trinajstić information content (AvgIpc) is 3.14. The number of aromatic amines is 1. The number of benzene rings is 2. The van der Waals surface area contributed by atoms with Crippen LogP contribution in [0, 0.1) is 0 Å². The normalized spacial score (nSPS) is 11.0. The number of nitrogens with zero attached hydrogens (tertiary/aromatic N) is 3. The Bertz CT molecular complexity index is 1260. The zero-order valence-electron chi connectivity index (χ0n) is 14.7. The summed E-state index contributed by atoms with van der Waals surface area (Å²) >= 11 is 13.1. The molecule has 0 saturated heterocycles. The van der Waals surface area contributed by atoms with Gasteiger partial charge >= 0.3 is 0 Å². The van der Waals surface area contributed by atoms with Crippen molar-refractivity contribution in [1.29, 1.82) is 0 Å². The lowest BCUT2D eigenvalue weighted by molar-refractivity contribution is -0.113. The Balaban J connectivity index is 1.54. The molecule has 1 amide bonds. The van der Waals surface area contributed by atoms with Crippen molar-refractivity contribution >= 4 is 57.6 Å². The second-order valence-corrected chi connectivity index (χ2v) is 7.77. The maximum absolute atomic E-state index is 12.4. The number of carbonyl (C=O) groups is 1. The molecule has 0 bridgehead atoms. The third kappa shape index (κ3) is 4.29. The fourth-order valence-electron chi connectivity index (χ4n) is 2.64. The number of anilines is 1. The molecule has 146 valence electrons. The molecule has 0 aliphatic carbocycles. The lowest BCUT2D eigenvalue weighted by Crippen LogP contribution is -2.16. The molecule has 29 heavy (non-hydrogen) atoms. The summed E-state index contributed by atoms with van der Waals surface area (Å²) in [6, 6.07) is 14.2. The quantitative estimate of drug-likeness (QED) is 0.355. The largest absolute Gasteiger partial charge is 0.324 e. The Morgan fingerprint density at radius 2 is 1.97 bits per heavy atom. The summed E-state index contributed by atoms with van der Waals surface area (Å²) in [4.78, 5) is 31.8. The lowest BCUT2D eigenvalue weighted by Gasteiger charge is -2.07. The first-order chi connectivity index (χ1) is 14.0. The van der Waals surface area contributed by atoms with Crippen molar-refractivity contribution < 1.29 is 4.79 Å². The van der Waals surface area contributed by atoms with Gasteiger partial charge < -0.3 is 10.3 Å². The number of carbonyl (C=O) groups excluding carboxylic acids is 1. The van der Waals surface area contributed by atoms with E-state index < -0.39 is 0 Å². The van der Waals surface area contributed by atoms with E-state index >= 15 is 0 Å². The van der Waals surface area contributed by atoms with Gasteiger partial charge in [0.1, 0.15) is 5.39 Å². The number of para-hydroxylation sites is 1. The number of nitrogens with one attached hydrogen (secondary N) is 2. The number of thioether (sulfide) groups is 1. The Labute approximate surface area is 179 Å². The van der Waals surface area contributed by atoms with Crippen LogP contribution in [0.1, 0.15) is 0 Å². The van der Waals surface area contributed by atoms with Crippen LogP contribution < -0.4 is 10.9 Å². The van der Waals surface area contributed by atoms with E-state index in [0.29, 0.717) is 31.9 Å². The number of halogens is 2. The summed E-state index contributed by atoms with van der Waals surface area (Å²) in [5, 5.41) is 8.47. The minimum Gasteiger partial charge on any atom is -0.324 e. The van der Waals surface area contributed by atoms with E-state index in [-0.39, 0.29) is 17.2 Å². The number of amides is 1. The molecule has 0 atom stereocenters. The summed E-state index contributed by atoms with van der Waals surface area (Å²) in [7, 11) is 0. The SMILES string of the molecule is O=C(CSc1nc2c(cnn2-c2ccccc2)c(=O)[nH]1)Nc1cc(Cl)ccc1Cl. The maximum atomic E-state index is 12.4. The predicted molar refractivity (Wildman–Crippen MR) is 115 cm³/mol. The Hall–Kier alpha value is -2.81. The summed E-state index contributed by atoms with van der Waals surface area (Å²) in [5.41, 5.74) is 1.30. The van der Waals surface area contributed by atoms with Crippen molar-refractivity contribution in [2.75, 3.05) is 11.1 Å². The molecular formula is C19H13Cl2N5O2S. The van der Waals surface area contributed by atoms with Gasteiger partial charge in [0, 0.05) is 5.02 Å². The number of H-pyrrole nitrogens is 1. The van der Waals surface area contributed by atoms with Crippen LogP contribution in [-0.2, 0) is 4.79 Å². The smallest absolute Gasteiger partial charge is 0.262 e. The van der Waals surface area contributed by atoms with Crippen molar-refractivity contribution in [2.45, 2.75) is 5.16 Å². The molecule has 2 N–H and O–H groups in total. The van der Waals surface area contributed by atoms with Gasteiger partial charge in [-0.2, -0.15) is 5.10 Å². The predicted octanol–water partition coefficient (Wildman–Crippen LogP) is 4.15. The van der Waals surface area contributed by atoms with Crippen molar-refractivity contribution in [3.63, 3.8) is 0 Å². The van der Waals surface area contributed by atoms with Crippen LogP contribution in [0.2, 0.25) is 10.0 Å². The van der Waals surface area contributed by atoms with Gasteiger partial charge in [0.25, 0.3) is 5.56 Å². The zero-order valence-corrected chi connectivity index (χ0v) is 17.1. The van der Waals surface area contributed by atoms with E-state index in [0.717, 1.165) is 17.4 Å². The minimum absolute atomic E-state index is 0.0246. The van der Waals surface area contributed by atoms with Crippen molar-refractivity contribution in [1.82, 2.24) is 19.7 Å². The van der Waals surface area contributed by atoms with E-state index in [9.17, 15) is 9.59 Å². The molecule has 4 rings (SSSR count). The monoisotopic (exact) mass is 445 g/mol.